The second kappa shape index (κ2) is 5.68. The first-order valence-corrected chi connectivity index (χ1v) is 9.89. The molecule has 1 rings (SSSR count). The third-order valence-corrected chi connectivity index (χ3v) is 8.75. The molecule has 0 bridgehead atoms. The maximum atomic E-state index is 11.7. The molecule has 0 aliphatic rings. The van der Waals surface area contributed by atoms with Crippen molar-refractivity contribution in [3.63, 3.8) is 0 Å². The van der Waals surface area contributed by atoms with E-state index in [0.717, 1.165) is 4.88 Å². The molecule has 1 aromatic heterocycles. The van der Waals surface area contributed by atoms with Crippen molar-refractivity contribution in [1.29, 1.82) is 0 Å². The lowest BCUT2D eigenvalue weighted by molar-refractivity contribution is 0.105. The predicted molar refractivity (Wildman–Crippen MR) is 82.8 cm³/mol. The summed E-state index contributed by atoms with van der Waals surface area (Å²) < 4.78 is 0. The average molecular weight is 276 g/mol. The zero-order valence-electron chi connectivity index (χ0n) is 11.7. The molecule has 3 heteroatoms. The minimum absolute atomic E-state index is 0.0366. The maximum Gasteiger partial charge on any atom is 0.196 e. The number of thiophene rings is 1. The summed E-state index contributed by atoms with van der Waals surface area (Å²) in [5, 5.41) is 2.16. The van der Waals surface area contributed by atoms with Gasteiger partial charge in [-0.1, -0.05) is 45.9 Å². The van der Waals surface area contributed by atoms with E-state index in [1.165, 1.54) is 11.3 Å². The van der Waals surface area contributed by atoms with E-state index in [1.807, 2.05) is 17.5 Å². The van der Waals surface area contributed by atoms with Crippen LogP contribution in [0.1, 0.15) is 30.4 Å². The number of carbonyl (C=O) groups excluding carboxylic acids is 1. The fraction of sp³-hybridized carbons (Fsp3) is 0.400. The minimum Gasteiger partial charge on any atom is -0.288 e. The van der Waals surface area contributed by atoms with E-state index < -0.39 is 8.07 Å². The summed E-state index contributed by atoms with van der Waals surface area (Å²) in [6, 6.07) is 3.71. The van der Waals surface area contributed by atoms with Gasteiger partial charge in [0.15, 0.2) is 5.78 Å². The standard InChI is InChI=1S/C15H20OSSi/c1-15(2,3)18(4,5)12-7-6-9-13(16)14-10-8-11-17-14/h6,8-11H,1-5H3/b9-6-. The third kappa shape index (κ3) is 3.97. The fourth-order valence-electron chi connectivity index (χ4n) is 1.03. The summed E-state index contributed by atoms with van der Waals surface area (Å²) in [5.74, 6) is 3.08. The van der Waals surface area contributed by atoms with Crippen molar-refractivity contribution in [3.8, 4) is 11.5 Å². The van der Waals surface area contributed by atoms with Crippen molar-refractivity contribution in [2.75, 3.05) is 0 Å². The van der Waals surface area contributed by atoms with Gasteiger partial charge in [0, 0.05) is 0 Å². The topological polar surface area (TPSA) is 17.1 Å². The van der Waals surface area contributed by atoms with Crippen LogP contribution in [0.5, 0.6) is 0 Å². The smallest absolute Gasteiger partial charge is 0.196 e. The van der Waals surface area contributed by atoms with Crippen LogP contribution in [-0.4, -0.2) is 13.9 Å². The first-order valence-electron chi connectivity index (χ1n) is 6.01. The Morgan fingerprint density at radius 2 is 2.06 bits per heavy atom. The van der Waals surface area contributed by atoms with Gasteiger partial charge in [-0.15, -0.1) is 16.9 Å². The normalized spacial score (nSPS) is 12.3. The van der Waals surface area contributed by atoms with Crippen LogP contribution in [0, 0.1) is 11.5 Å². The van der Waals surface area contributed by atoms with Crippen molar-refractivity contribution in [2.24, 2.45) is 0 Å². The van der Waals surface area contributed by atoms with Crippen LogP contribution in [0.3, 0.4) is 0 Å². The zero-order chi connectivity index (χ0) is 13.8. The van der Waals surface area contributed by atoms with Gasteiger partial charge in [-0.2, -0.15) is 0 Å². The van der Waals surface area contributed by atoms with Crippen LogP contribution in [0.15, 0.2) is 29.7 Å². The summed E-state index contributed by atoms with van der Waals surface area (Å²) in [6.07, 6.45) is 3.24. The van der Waals surface area contributed by atoms with E-state index in [4.69, 9.17) is 0 Å². The second-order valence-electron chi connectivity index (χ2n) is 5.82. The highest BCUT2D eigenvalue weighted by atomic mass is 32.1. The number of rotatable bonds is 2. The lowest BCUT2D eigenvalue weighted by atomic mass is 10.2. The Morgan fingerprint density at radius 3 is 2.56 bits per heavy atom. The molecule has 96 valence electrons. The van der Waals surface area contributed by atoms with Crippen molar-refractivity contribution in [1.82, 2.24) is 0 Å². The summed E-state index contributed by atoms with van der Waals surface area (Å²) in [5.41, 5.74) is 3.35. The largest absolute Gasteiger partial charge is 0.288 e. The zero-order valence-corrected chi connectivity index (χ0v) is 13.5. The first-order chi connectivity index (χ1) is 8.24. The Morgan fingerprint density at radius 1 is 1.39 bits per heavy atom. The van der Waals surface area contributed by atoms with Crippen LogP contribution in [0.4, 0.5) is 0 Å². The highest BCUT2D eigenvalue weighted by Gasteiger charge is 2.33. The molecule has 1 nitrogen and oxygen atoms in total. The summed E-state index contributed by atoms with van der Waals surface area (Å²) in [6.45, 7) is 11.2. The van der Waals surface area contributed by atoms with Gasteiger partial charge in [0.25, 0.3) is 0 Å². The SMILES string of the molecule is CC(C)(C)[Si](C)(C)C#C/C=C\C(=O)c1cccs1. The van der Waals surface area contributed by atoms with Crippen LogP contribution in [0.2, 0.25) is 18.1 Å². The summed E-state index contributed by atoms with van der Waals surface area (Å²) >= 11 is 1.46. The van der Waals surface area contributed by atoms with Gasteiger partial charge in [-0.3, -0.25) is 4.79 Å². The van der Waals surface area contributed by atoms with Crippen molar-refractivity contribution >= 4 is 25.2 Å². The number of hydrogen-bond acceptors (Lipinski definition) is 2. The van der Waals surface area contributed by atoms with Gasteiger partial charge in [-0.25, -0.2) is 0 Å². The van der Waals surface area contributed by atoms with Gasteiger partial charge in [0.2, 0.25) is 0 Å². The average Bonchev–Trinajstić information content (AvgIpc) is 2.75. The Labute approximate surface area is 115 Å². The second-order valence-corrected chi connectivity index (χ2v) is 11.8. The van der Waals surface area contributed by atoms with Crippen LogP contribution in [0.25, 0.3) is 0 Å². The van der Waals surface area contributed by atoms with Crippen LogP contribution in [-0.2, 0) is 0 Å². The molecule has 0 radical (unpaired) electrons. The molecule has 0 aliphatic carbocycles. The molecule has 0 saturated heterocycles. The van der Waals surface area contributed by atoms with Gasteiger partial charge in [0.1, 0.15) is 8.07 Å². The first kappa shape index (κ1) is 14.9. The highest BCUT2D eigenvalue weighted by Crippen LogP contribution is 2.35. The molecule has 18 heavy (non-hydrogen) atoms. The van der Waals surface area contributed by atoms with Gasteiger partial charge in [0.05, 0.1) is 4.88 Å². The van der Waals surface area contributed by atoms with Gasteiger partial charge >= 0.3 is 0 Å². The molecule has 0 aliphatic heterocycles. The van der Waals surface area contributed by atoms with Crippen molar-refractivity contribution < 1.29 is 4.79 Å². The van der Waals surface area contributed by atoms with Gasteiger partial charge < -0.3 is 0 Å². The third-order valence-electron chi connectivity index (χ3n) is 3.34. The van der Waals surface area contributed by atoms with E-state index in [2.05, 4.69) is 45.3 Å². The van der Waals surface area contributed by atoms with E-state index in [9.17, 15) is 4.79 Å². The fourth-order valence-corrected chi connectivity index (χ4v) is 2.49. The van der Waals surface area contributed by atoms with E-state index in [0.29, 0.717) is 0 Å². The molecule has 1 aromatic rings. The van der Waals surface area contributed by atoms with Gasteiger partial charge in [-0.05, 0) is 28.6 Å². The Balaban J connectivity index is 2.70. The van der Waals surface area contributed by atoms with E-state index in [1.54, 1.807) is 12.2 Å². The molecular weight excluding hydrogens is 256 g/mol. The van der Waals surface area contributed by atoms with E-state index in [-0.39, 0.29) is 10.8 Å². The van der Waals surface area contributed by atoms with E-state index >= 15 is 0 Å². The number of carbonyl (C=O) groups is 1. The maximum absolute atomic E-state index is 11.7. The monoisotopic (exact) mass is 276 g/mol. The quantitative estimate of drug-likeness (QED) is 0.335. The lowest BCUT2D eigenvalue weighted by Gasteiger charge is -2.31. The molecule has 0 atom stereocenters. The molecule has 0 fully saturated rings. The molecule has 0 saturated carbocycles. The predicted octanol–water partition coefficient (Wildman–Crippen LogP) is 4.54. The number of hydrogen-bond donors (Lipinski definition) is 0. The molecule has 0 unspecified atom stereocenters. The molecule has 0 aromatic carbocycles. The van der Waals surface area contributed by atoms with Crippen molar-refractivity contribution in [2.45, 2.75) is 38.9 Å². The van der Waals surface area contributed by atoms with Crippen LogP contribution >= 0.6 is 11.3 Å². The molecule has 1 heterocycles. The summed E-state index contributed by atoms with van der Waals surface area (Å²) in [7, 11) is -1.56. The Kier molecular flexibility index (Phi) is 4.72. The molecule has 0 amide bonds. The summed E-state index contributed by atoms with van der Waals surface area (Å²) in [4.78, 5) is 12.5. The molecule has 0 spiro atoms. The molecule has 0 N–H and O–H groups in total. The molecular formula is C15H20OSSi. The van der Waals surface area contributed by atoms with Crippen LogP contribution < -0.4 is 0 Å². The Hall–Kier alpha value is -1.11. The number of allylic oxidation sites excluding steroid dienone is 2. The lowest BCUT2D eigenvalue weighted by Crippen LogP contribution is -2.35. The number of ketones is 1. The minimum atomic E-state index is -1.56. The van der Waals surface area contributed by atoms with Crippen molar-refractivity contribution in [3.05, 3.63) is 34.5 Å². The Bertz CT molecular complexity index is 493. The highest BCUT2D eigenvalue weighted by molar-refractivity contribution is 7.12.